The van der Waals surface area contributed by atoms with E-state index >= 15 is 0 Å². The highest BCUT2D eigenvalue weighted by Crippen LogP contribution is 2.36. The number of aromatic amines is 1. The van der Waals surface area contributed by atoms with Crippen molar-refractivity contribution in [2.75, 3.05) is 18.5 Å². The van der Waals surface area contributed by atoms with Crippen molar-refractivity contribution in [3.8, 4) is 22.6 Å². The molecular weight excluding hydrogens is 507 g/mol. The third kappa shape index (κ3) is 5.92. The number of nitrogens with two attached hydrogens (primary N) is 1. The Balaban J connectivity index is 1.42. The van der Waals surface area contributed by atoms with Crippen LogP contribution in [0.3, 0.4) is 0 Å². The number of nitrogens with zero attached hydrogens (tertiary/aromatic N) is 3. The predicted molar refractivity (Wildman–Crippen MR) is 137 cm³/mol. The Morgan fingerprint density at radius 1 is 1.10 bits per heavy atom. The van der Waals surface area contributed by atoms with E-state index in [9.17, 15) is 14.0 Å². The zero-order chi connectivity index (χ0) is 27.4. The van der Waals surface area contributed by atoms with Gasteiger partial charge in [-0.2, -0.15) is 0 Å². The molecule has 0 aliphatic carbocycles. The van der Waals surface area contributed by atoms with Gasteiger partial charge >= 0.3 is 12.1 Å². The molecule has 0 bridgehead atoms. The predicted octanol–water partition coefficient (Wildman–Crippen LogP) is 3.96. The van der Waals surface area contributed by atoms with Crippen molar-refractivity contribution in [3.63, 3.8) is 0 Å². The zero-order valence-corrected chi connectivity index (χ0v) is 20.9. The summed E-state index contributed by atoms with van der Waals surface area (Å²) in [4.78, 5) is 40.1. The molecular formula is C27H25FN6O5. The van der Waals surface area contributed by atoms with Crippen LogP contribution in [0.25, 0.3) is 22.6 Å². The fourth-order valence-corrected chi connectivity index (χ4v) is 3.96. The van der Waals surface area contributed by atoms with Gasteiger partial charge < -0.3 is 30.2 Å². The number of hydrogen-bond donors (Lipinski definition) is 3. The highest BCUT2D eigenvalue weighted by molar-refractivity contribution is 5.87. The standard InChI is InChI=1S/C27H25FN6O5/c1-27(24(35)39-25(29)36)14-37-23(38-15-27)22-33-20(17-7-9-18(28)10-8-17)21(34-22)19-11-12-30-26(32-19)31-13-16-5-3-2-4-6-16/h2-12,23H,13-15H2,1H3,(H2,29,36)(H,33,34)(H,30,31,32). The number of hydrogen-bond acceptors (Lipinski definition) is 9. The van der Waals surface area contributed by atoms with E-state index in [1.54, 1.807) is 24.4 Å². The molecule has 200 valence electrons. The van der Waals surface area contributed by atoms with Gasteiger partial charge in [-0.3, -0.25) is 4.79 Å². The summed E-state index contributed by atoms with van der Waals surface area (Å²) in [5.41, 5.74) is 7.00. The molecule has 3 heterocycles. The minimum Gasteiger partial charge on any atom is -0.376 e. The molecule has 1 saturated heterocycles. The van der Waals surface area contributed by atoms with Crippen LogP contribution >= 0.6 is 0 Å². The van der Waals surface area contributed by atoms with Gasteiger partial charge in [-0.1, -0.05) is 30.3 Å². The number of anilines is 1. The van der Waals surface area contributed by atoms with Crippen LogP contribution in [0.4, 0.5) is 15.1 Å². The number of halogens is 1. The number of ether oxygens (including phenoxy) is 3. The average molecular weight is 533 g/mol. The number of H-pyrrole nitrogens is 1. The number of esters is 1. The number of aromatic nitrogens is 4. The molecule has 1 aliphatic rings. The lowest BCUT2D eigenvalue weighted by atomic mass is 9.92. The lowest BCUT2D eigenvalue weighted by molar-refractivity contribution is -0.236. The molecule has 0 radical (unpaired) electrons. The topological polar surface area (TPSA) is 154 Å². The molecule has 0 unspecified atom stereocenters. The van der Waals surface area contributed by atoms with Crippen molar-refractivity contribution in [1.82, 2.24) is 19.9 Å². The molecule has 12 heteroatoms. The van der Waals surface area contributed by atoms with Gasteiger partial charge in [0.15, 0.2) is 5.82 Å². The van der Waals surface area contributed by atoms with Gasteiger partial charge in [0.2, 0.25) is 12.2 Å². The minimum absolute atomic E-state index is 0.104. The largest absolute Gasteiger partial charge is 0.412 e. The van der Waals surface area contributed by atoms with Crippen molar-refractivity contribution >= 4 is 18.0 Å². The maximum absolute atomic E-state index is 13.7. The molecule has 1 fully saturated rings. The molecule has 11 nitrogen and oxygen atoms in total. The molecule has 2 aromatic heterocycles. The second kappa shape index (κ2) is 11.0. The van der Waals surface area contributed by atoms with E-state index in [0.29, 0.717) is 41.0 Å². The molecule has 5 rings (SSSR count). The van der Waals surface area contributed by atoms with Crippen molar-refractivity contribution in [3.05, 3.63) is 84.1 Å². The molecule has 0 spiro atoms. The normalized spacial score (nSPS) is 18.9. The first-order valence-electron chi connectivity index (χ1n) is 12.0. The Hall–Kier alpha value is -4.68. The molecule has 1 aliphatic heterocycles. The zero-order valence-electron chi connectivity index (χ0n) is 20.9. The summed E-state index contributed by atoms with van der Waals surface area (Å²) >= 11 is 0. The van der Waals surface area contributed by atoms with Gasteiger partial charge in [-0.25, -0.2) is 24.1 Å². The van der Waals surface area contributed by atoms with Gasteiger partial charge in [-0.15, -0.1) is 0 Å². The van der Waals surface area contributed by atoms with Gasteiger partial charge in [0.1, 0.15) is 11.2 Å². The Kier molecular flexibility index (Phi) is 7.30. The summed E-state index contributed by atoms with van der Waals surface area (Å²) in [5, 5.41) is 3.21. The van der Waals surface area contributed by atoms with Gasteiger partial charge in [0.25, 0.3) is 0 Å². The Bertz CT molecular complexity index is 1470. The lowest BCUT2D eigenvalue weighted by Gasteiger charge is -2.34. The van der Waals surface area contributed by atoms with Crippen molar-refractivity contribution < 1.29 is 28.2 Å². The molecule has 0 saturated carbocycles. The molecule has 4 aromatic rings. The van der Waals surface area contributed by atoms with Crippen LogP contribution in [0.1, 0.15) is 24.6 Å². The van der Waals surface area contributed by atoms with Gasteiger partial charge in [0, 0.05) is 18.3 Å². The summed E-state index contributed by atoms with van der Waals surface area (Å²) in [6.07, 6.45) is -0.538. The summed E-state index contributed by atoms with van der Waals surface area (Å²) in [7, 11) is 0. The summed E-state index contributed by atoms with van der Waals surface area (Å²) in [6, 6.07) is 17.4. The Morgan fingerprint density at radius 2 is 1.82 bits per heavy atom. The van der Waals surface area contributed by atoms with Crippen LogP contribution < -0.4 is 11.1 Å². The summed E-state index contributed by atoms with van der Waals surface area (Å²) in [6.45, 7) is 1.86. The molecule has 0 atom stereocenters. The van der Waals surface area contributed by atoms with E-state index < -0.39 is 23.8 Å². The van der Waals surface area contributed by atoms with Crippen LogP contribution in [0.2, 0.25) is 0 Å². The first-order valence-corrected chi connectivity index (χ1v) is 12.0. The van der Waals surface area contributed by atoms with Gasteiger partial charge in [0.05, 0.1) is 30.3 Å². The van der Waals surface area contributed by atoms with E-state index in [-0.39, 0.29) is 19.0 Å². The van der Waals surface area contributed by atoms with Crippen LogP contribution in [0.5, 0.6) is 0 Å². The lowest BCUT2D eigenvalue weighted by Crippen LogP contribution is -2.45. The monoisotopic (exact) mass is 532 g/mol. The van der Waals surface area contributed by atoms with Crippen molar-refractivity contribution in [1.29, 1.82) is 0 Å². The number of carbonyl (C=O) groups is 2. The van der Waals surface area contributed by atoms with Crippen molar-refractivity contribution in [2.45, 2.75) is 19.8 Å². The van der Waals surface area contributed by atoms with E-state index in [1.807, 2.05) is 30.3 Å². The molecule has 1 amide bonds. The Labute approximate surface area is 222 Å². The van der Waals surface area contributed by atoms with Crippen LogP contribution in [0.15, 0.2) is 66.9 Å². The fraction of sp³-hybridized carbons (Fsp3) is 0.222. The van der Waals surface area contributed by atoms with Crippen LogP contribution in [-0.4, -0.2) is 45.2 Å². The van der Waals surface area contributed by atoms with Crippen LogP contribution in [0, 0.1) is 11.2 Å². The van der Waals surface area contributed by atoms with E-state index in [4.69, 9.17) is 15.2 Å². The minimum atomic E-state index is -1.23. The smallest absolute Gasteiger partial charge is 0.376 e. The highest BCUT2D eigenvalue weighted by Gasteiger charge is 2.43. The first kappa shape index (κ1) is 25.9. The number of carbonyl (C=O) groups excluding carboxylic acids is 2. The molecule has 4 N–H and O–H groups in total. The van der Waals surface area contributed by atoms with E-state index in [1.165, 1.54) is 19.1 Å². The number of benzene rings is 2. The molecule has 2 aromatic carbocycles. The third-order valence-corrected chi connectivity index (χ3v) is 6.06. The SMILES string of the molecule is CC1(C(=O)OC(N)=O)COC(c2nc(-c3ccc(F)cc3)c(-c3ccnc(NCc4ccccc4)n3)[nH]2)OC1. The Morgan fingerprint density at radius 3 is 2.51 bits per heavy atom. The number of rotatable bonds is 7. The molecule has 39 heavy (non-hydrogen) atoms. The van der Waals surface area contributed by atoms with E-state index in [2.05, 4.69) is 30.0 Å². The van der Waals surface area contributed by atoms with E-state index in [0.717, 1.165) is 5.56 Å². The second-order valence-corrected chi connectivity index (χ2v) is 9.18. The number of nitrogens with one attached hydrogen (secondary N) is 2. The summed E-state index contributed by atoms with van der Waals surface area (Å²) in [5.74, 6) is -0.512. The maximum atomic E-state index is 13.7. The number of primary amides is 1. The van der Waals surface area contributed by atoms with Crippen molar-refractivity contribution in [2.24, 2.45) is 11.1 Å². The average Bonchev–Trinajstić information content (AvgIpc) is 3.39. The quantitative estimate of drug-likeness (QED) is 0.237. The third-order valence-electron chi connectivity index (χ3n) is 6.06. The second-order valence-electron chi connectivity index (χ2n) is 9.18. The summed E-state index contributed by atoms with van der Waals surface area (Å²) < 4.78 is 29.7. The number of amides is 1. The first-order chi connectivity index (χ1) is 18.8. The maximum Gasteiger partial charge on any atom is 0.412 e. The van der Waals surface area contributed by atoms with Gasteiger partial charge in [-0.05, 0) is 42.8 Å². The number of imidazole rings is 1. The highest BCUT2D eigenvalue weighted by atomic mass is 19.1. The fourth-order valence-electron chi connectivity index (χ4n) is 3.96. The van der Waals surface area contributed by atoms with Crippen LogP contribution in [-0.2, 0) is 25.5 Å².